The summed E-state index contributed by atoms with van der Waals surface area (Å²) in [5.41, 5.74) is 1.20. The number of aromatic nitrogens is 2. The largest absolute Gasteiger partial charge is 0.391 e. The molecule has 0 saturated carbocycles. The highest BCUT2D eigenvalue weighted by Gasteiger charge is 2.26. The number of hydrogen-bond donors (Lipinski definition) is 1. The van der Waals surface area contributed by atoms with Crippen molar-refractivity contribution in [2.45, 2.75) is 50.8 Å². The van der Waals surface area contributed by atoms with Crippen LogP contribution in [0.5, 0.6) is 0 Å². The third-order valence-electron chi connectivity index (χ3n) is 4.10. The molecule has 1 saturated heterocycles. The Morgan fingerprint density at radius 3 is 3.06 bits per heavy atom. The van der Waals surface area contributed by atoms with Gasteiger partial charge in [0.2, 0.25) is 0 Å². The average Bonchev–Trinajstić information content (AvgIpc) is 2.72. The molecule has 17 heavy (non-hydrogen) atoms. The Labute approximate surface area is 102 Å². The number of nitrogens with zero attached hydrogens (tertiary/aromatic N) is 3. The van der Waals surface area contributed by atoms with Crippen LogP contribution in [0.1, 0.15) is 43.2 Å². The van der Waals surface area contributed by atoms with Gasteiger partial charge in [-0.3, -0.25) is 4.90 Å². The molecule has 0 aromatic carbocycles. The number of aliphatic hydroxyl groups is 1. The third kappa shape index (κ3) is 2.11. The molecule has 1 aromatic heterocycles. The number of piperidine rings is 1. The summed E-state index contributed by atoms with van der Waals surface area (Å²) in [5.74, 6) is 1.16. The lowest BCUT2D eigenvalue weighted by molar-refractivity contribution is 0.130. The Bertz CT molecular complexity index is 401. The lowest BCUT2D eigenvalue weighted by Gasteiger charge is -2.31. The molecule has 4 nitrogen and oxygen atoms in total. The molecule has 2 aliphatic heterocycles. The smallest absolute Gasteiger partial charge is 0.109 e. The first-order valence-corrected chi connectivity index (χ1v) is 6.68. The molecule has 3 heterocycles. The molecule has 0 amide bonds. The molecule has 0 aliphatic carbocycles. The van der Waals surface area contributed by atoms with E-state index in [-0.39, 0.29) is 6.10 Å². The van der Waals surface area contributed by atoms with Crippen LogP contribution in [0.2, 0.25) is 0 Å². The predicted octanol–water partition coefficient (Wildman–Crippen LogP) is 1.35. The number of likely N-dealkylation sites (tertiary alicyclic amines) is 1. The topological polar surface area (TPSA) is 41.3 Å². The molecule has 4 heteroatoms. The van der Waals surface area contributed by atoms with Crippen molar-refractivity contribution in [2.75, 3.05) is 13.6 Å². The number of fused-ring (bicyclic) bond motifs is 1. The molecule has 94 valence electrons. The number of hydrogen-bond acceptors (Lipinski definition) is 3. The van der Waals surface area contributed by atoms with Crippen LogP contribution in [0.25, 0.3) is 0 Å². The van der Waals surface area contributed by atoms with Gasteiger partial charge in [0.25, 0.3) is 0 Å². The molecule has 1 fully saturated rings. The van der Waals surface area contributed by atoms with Crippen molar-refractivity contribution in [1.82, 2.24) is 14.5 Å². The molecule has 3 rings (SSSR count). The number of aryl methyl sites for hydroxylation is 1. The van der Waals surface area contributed by atoms with E-state index in [0.29, 0.717) is 6.04 Å². The average molecular weight is 235 g/mol. The molecular formula is C13H21N3O. The van der Waals surface area contributed by atoms with Gasteiger partial charge in [0.15, 0.2) is 0 Å². The van der Waals surface area contributed by atoms with Gasteiger partial charge in [0, 0.05) is 19.2 Å². The quantitative estimate of drug-likeness (QED) is 0.799. The third-order valence-corrected chi connectivity index (χ3v) is 4.10. The first kappa shape index (κ1) is 11.2. The van der Waals surface area contributed by atoms with Crippen LogP contribution in [-0.4, -0.2) is 39.3 Å². The molecule has 0 spiro atoms. The summed E-state index contributed by atoms with van der Waals surface area (Å²) in [6, 6.07) is 0.485. The van der Waals surface area contributed by atoms with E-state index in [1.807, 2.05) is 0 Å². The highest BCUT2D eigenvalue weighted by atomic mass is 16.3. The molecule has 0 radical (unpaired) electrons. The van der Waals surface area contributed by atoms with Crippen molar-refractivity contribution in [1.29, 1.82) is 0 Å². The van der Waals surface area contributed by atoms with Crippen LogP contribution in [0.15, 0.2) is 6.20 Å². The number of rotatable bonds is 1. The summed E-state index contributed by atoms with van der Waals surface area (Å²) in [5, 5.41) is 9.67. The summed E-state index contributed by atoms with van der Waals surface area (Å²) in [6.45, 7) is 1.90. The van der Waals surface area contributed by atoms with Crippen molar-refractivity contribution in [3.05, 3.63) is 17.7 Å². The van der Waals surface area contributed by atoms with Gasteiger partial charge in [-0.05, 0) is 32.9 Å². The fraction of sp³-hybridized carbons (Fsp3) is 0.769. The Hall–Kier alpha value is -0.870. The highest BCUT2D eigenvalue weighted by molar-refractivity contribution is 5.12. The van der Waals surface area contributed by atoms with Crippen LogP contribution in [0, 0.1) is 0 Å². The van der Waals surface area contributed by atoms with E-state index in [4.69, 9.17) is 4.98 Å². The molecule has 2 atom stereocenters. The van der Waals surface area contributed by atoms with Gasteiger partial charge in [-0.2, -0.15) is 0 Å². The molecule has 2 unspecified atom stereocenters. The first-order chi connectivity index (χ1) is 8.24. The van der Waals surface area contributed by atoms with Gasteiger partial charge in [0.1, 0.15) is 5.82 Å². The van der Waals surface area contributed by atoms with Gasteiger partial charge in [-0.25, -0.2) is 4.98 Å². The summed E-state index contributed by atoms with van der Waals surface area (Å²) >= 11 is 0. The maximum Gasteiger partial charge on any atom is 0.109 e. The second kappa shape index (κ2) is 4.42. The van der Waals surface area contributed by atoms with Gasteiger partial charge in [0.05, 0.1) is 17.8 Å². The van der Waals surface area contributed by atoms with Gasteiger partial charge >= 0.3 is 0 Å². The van der Waals surface area contributed by atoms with Crippen LogP contribution in [0.4, 0.5) is 0 Å². The fourth-order valence-electron chi connectivity index (χ4n) is 3.06. The summed E-state index contributed by atoms with van der Waals surface area (Å²) in [6.07, 6.45) is 7.57. The van der Waals surface area contributed by atoms with Crippen LogP contribution >= 0.6 is 0 Å². The Balaban J connectivity index is 1.84. The van der Waals surface area contributed by atoms with Crippen molar-refractivity contribution in [3.63, 3.8) is 0 Å². The predicted molar refractivity (Wildman–Crippen MR) is 65.8 cm³/mol. The number of aliphatic hydroxyl groups excluding tert-OH is 1. The summed E-state index contributed by atoms with van der Waals surface area (Å²) < 4.78 is 2.14. The van der Waals surface area contributed by atoms with Crippen LogP contribution < -0.4 is 0 Å². The van der Waals surface area contributed by atoms with E-state index in [1.165, 1.54) is 31.5 Å². The van der Waals surface area contributed by atoms with Crippen molar-refractivity contribution >= 4 is 0 Å². The van der Waals surface area contributed by atoms with Gasteiger partial charge in [-0.1, -0.05) is 6.42 Å². The maximum absolute atomic E-state index is 9.67. The minimum atomic E-state index is -0.186. The molecular weight excluding hydrogens is 214 g/mol. The van der Waals surface area contributed by atoms with E-state index >= 15 is 0 Å². The summed E-state index contributed by atoms with van der Waals surface area (Å²) in [7, 11) is 2.19. The lowest BCUT2D eigenvalue weighted by Crippen LogP contribution is -2.29. The lowest BCUT2D eigenvalue weighted by atomic mass is 10.0. The Kier molecular flexibility index (Phi) is 2.92. The standard InChI is InChI=1S/C13H21N3O/c1-15-7-3-2-4-12(15)11-9-16-8-10(17)5-6-13(16)14-11/h9-10,12,17H,2-8H2,1H3. The van der Waals surface area contributed by atoms with Crippen LogP contribution in [-0.2, 0) is 13.0 Å². The van der Waals surface area contributed by atoms with Gasteiger partial charge in [-0.15, -0.1) is 0 Å². The van der Waals surface area contributed by atoms with Crippen LogP contribution in [0.3, 0.4) is 0 Å². The second-order valence-corrected chi connectivity index (χ2v) is 5.42. The van der Waals surface area contributed by atoms with Gasteiger partial charge < -0.3 is 9.67 Å². The zero-order valence-electron chi connectivity index (χ0n) is 10.5. The normalized spacial score (nSPS) is 30.2. The fourth-order valence-corrected chi connectivity index (χ4v) is 3.06. The first-order valence-electron chi connectivity index (χ1n) is 6.68. The second-order valence-electron chi connectivity index (χ2n) is 5.42. The maximum atomic E-state index is 9.67. The monoisotopic (exact) mass is 235 g/mol. The minimum Gasteiger partial charge on any atom is -0.391 e. The van der Waals surface area contributed by atoms with Crippen molar-refractivity contribution in [3.8, 4) is 0 Å². The van der Waals surface area contributed by atoms with E-state index < -0.39 is 0 Å². The van der Waals surface area contributed by atoms with Crippen molar-refractivity contribution in [2.24, 2.45) is 0 Å². The highest BCUT2D eigenvalue weighted by Crippen LogP contribution is 2.29. The van der Waals surface area contributed by atoms with E-state index in [1.54, 1.807) is 0 Å². The van der Waals surface area contributed by atoms with E-state index in [9.17, 15) is 5.11 Å². The number of imidazole rings is 1. The molecule has 1 N–H and O–H groups in total. The van der Waals surface area contributed by atoms with E-state index in [2.05, 4.69) is 22.7 Å². The summed E-state index contributed by atoms with van der Waals surface area (Å²) in [4.78, 5) is 7.18. The minimum absolute atomic E-state index is 0.186. The molecule has 0 bridgehead atoms. The zero-order valence-corrected chi connectivity index (χ0v) is 10.5. The zero-order chi connectivity index (χ0) is 11.8. The van der Waals surface area contributed by atoms with E-state index in [0.717, 1.165) is 25.2 Å². The molecule has 2 aliphatic rings. The van der Waals surface area contributed by atoms with Crippen molar-refractivity contribution < 1.29 is 5.11 Å². The molecule has 1 aromatic rings. The SMILES string of the molecule is CN1CCCCC1c1cn2c(n1)CCC(O)C2. The Morgan fingerprint density at radius 2 is 2.24 bits per heavy atom. The Morgan fingerprint density at radius 1 is 1.35 bits per heavy atom.